The summed E-state index contributed by atoms with van der Waals surface area (Å²) in [5.41, 5.74) is 1.95. The van der Waals surface area contributed by atoms with Crippen molar-refractivity contribution in [3.05, 3.63) is 40.8 Å². The van der Waals surface area contributed by atoms with Gasteiger partial charge in [-0.2, -0.15) is 0 Å². The molecule has 1 aliphatic heterocycles. The molecule has 2 rings (SSSR count). The first-order valence-electron chi connectivity index (χ1n) is 5.74. The third kappa shape index (κ3) is 3.01. The molecular weight excluding hydrogens is 248 g/mol. The molecule has 0 bridgehead atoms. The molecule has 4 heteroatoms. The zero-order chi connectivity index (χ0) is 13.0. The van der Waals surface area contributed by atoms with Gasteiger partial charge in [0.05, 0.1) is 13.5 Å². The fourth-order valence-corrected chi connectivity index (χ4v) is 2.72. The van der Waals surface area contributed by atoms with Gasteiger partial charge in [-0.3, -0.25) is 9.59 Å². The van der Waals surface area contributed by atoms with Crippen LogP contribution in [0.4, 0.5) is 0 Å². The fourth-order valence-electron chi connectivity index (χ4n) is 1.79. The van der Waals surface area contributed by atoms with Crippen molar-refractivity contribution in [1.29, 1.82) is 0 Å². The van der Waals surface area contributed by atoms with Crippen LogP contribution in [0.25, 0.3) is 0 Å². The van der Waals surface area contributed by atoms with Crippen LogP contribution in [-0.2, 0) is 20.7 Å². The van der Waals surface area contributed by atoms with Crippen LogP contribution in [0.15, 0.2) is 40.1 Å². The molecule has 1 aliphatic rings. The summed E-state index contributed by atoms with van der Waals surface area (Å²) in [5.74, 6) is -0.310. The first-order valence-corrected chi connectivity index (χ1v) is 6.62. The number of ketones is 1. The number of hydrogen-bond donors (Lipinski definition) is 0. The second-order valence-electron chi connectivity index (χ2n) is 4.04. The number of ether oxygens (including phenoxy) is 1. The summed E-state index contributed by atoms with van der Waals surface area (Å²) in [5, 5.41) is 1.89. The van der Waals surface area contributed by atoms with Crippen molar-refractivity contribution in [3.8, 4) is 0 Å². The molecule has 0 atom stereocenters. The molecule has 0 aromatic heterocycles. The van der Waals surface area contributed by atoms with Crippen LogP contribution >= 0.6 is 11.8 Å². The minimum Gasteiger partial charge on any atom is -0.469 e. The van der Waals surface area contributed by atoms with Gasteiger partial charge in [-0.05, 0) is 17.0 Å². The zero-order valence-electron chi connectivity index (χ0n) is 10.1. The van der Waals surface area contributed by atoms with E-state index in [0.717, 1.165) is 5.57 Å². The minimum absolute atomic E-state index is 0.0300. The van der Waals surface area contributed by atoms with Gasteiger partial charge in [-0.1, -0.05) is 30.0 Å². The summed E-state index contributed by atoms with van der Waals surface area (Å²) in [4.78, 5) is 24.1. The van der Waals surface area contributed by atoms with E-state index in [1.165, 1.54) is 17.6 Å². The van der Waals surface area contributed by atoms with Gasteiger partial charge in [0.15, 0.2) is 5.78 Å². The summed E-state index contributed by atoms with van der Waals surface area (Å²) in [7, 11) is 1.33. The van der Waals surface area contributed by atoms with E-state index in [-0.39, 0.29) is 24.6 Å². The Hall–Kier alpha value is -1.55. The van der Waals surface area contributed by atoms with Gasteiger partial charge in [0, 0.05) is 23.3 Å². The first kappa shape index (κ1) is 12.9. The summed E-state index contributed by atoms with van der Waals surface area (Å²) in [6.45, 7) is 0. The summed E-state index contributed by atoms with van der Waals surface area (Å²) >= 11 is 1.57. The normalized spacial score (nSPS) is 13.5. The molecule has 0 aliphatic carbocycles. The molecule has 1 heterocycles. The molecule has 0 radical (unpaired) electrons. The molecule has 0 amide bonds. The van der Waals surface area contributed by atoms with Crippen molar-refractivity contribution in [1.82, 2.24) is 0 Å². The second-order valence-corrected chi connectivity index (χ2v) is 4.96. The monoisotopic (exact) mass is 262 g/mol. The molecule has 94 valence electrons. The first-order chi connectivity index (χ1) is 8.70. The Morgan fingerprint density at radius 1 is 1.28 bits per heavy atom. The smallest absolute Gasteiger partial charge is 0.305 e. The molecule has 1 aromatic carbocycles. The second kappa shape index (κ2) is 5.87. The lowest BCUT2D eigenvalue weighted by Crippen LogP contribution is -2.11. The van der Waals surface area contributed by atoms with E-state index < -0.39 is 0 Å². The van der Waals surface area contributed by atoms with E-state index in [1.807, 2.05) is 29.7 Å². The number of methoxy groups -OCH3 is 1. The lowest BCUT2D eigenvalue weighted by Gasteiger charge is -2.15. The quantitative estimate of drug-likeness (QED) is 0.783. The third-order valence-corrected chi connectivity index (χ3v) is 3.88. The predicted molar refractivity (Wildman–Crippen MR) is 70.3 cm³/mol. The molecule has 0 saturated carbocycles. The van der Waals surface area contributed by atoms with Crippen LogP contribution in [0.3, 0.4) is 0 Å². The lowest BCUT2D eigenvalue weighted by molar-refractivity contribution is -0.141. The van der Waals surface area contributed by atoms with Crippen LogP contribution in [-0.4, -0.2) is 18.9 Å². The average Bonchev–Trinajstić information content (AvgIpc) is 2.43. The van der Waals surface area contributed by atoms with Crippen LogP contribution in [0.5, 0.6) is 0 Å². The van der Waals surface area contributed by atoms with Crippen molar-refractivity contribution in [2.45, 2.75) is 24.2 Å². The zero-order valence-corrected chi connectivity index (χ0v) is 11.0. The number of rotatable bonds is 4. The Morgan fingerprint density at radius 3 is 2.83 bits per heavy atom. The molecule has 0 unspecified atom stereocenters. The molecule has 0 spiro atoms. The molecule has 0 saturated heterocycles. The summed E-state index contributed by atoms with van der Waals surface area (Å²) in [6.07, 6.45) is 1.03. The van der Waals surface area contributed by atoms with Crippen LogP contribution in [0, 0.1) is 0 Å². The molecule has 0 fully saturated rings. The highest BCUT2D eigenvalue weighted by atomic mass is 32.2. The third-order valence-electron chi connectivity index (χ3n) is 2.82. The number of hydrogen-bond acceptors (Lipinski definition) is 4. The number of benzene rings is 1. The van der Waals surface area contributed by atoms with E-state index in [1.54, 1.807) is 11.8 Å². The lowest BCUT2D eigenvalue weighted by atomic mass is 10.00. The van der Waals surface area contributed by atoms with E-state index in [4.69, 9.17) is 0 Å². The summed E-state index contributed by atoms with van der Waals surface area (Å²) in [6, 6.07) is 8.04. The van der Waals surface area contributed by atoms with E-state index in [2.05, 4.69) is 4.74 Å². The Bertz CT molecular complexity index is 506. The average molecular weight is 262 g/mol. The highest BCUT2D eigenvalue weighted by Gasteiger charge is 2.17. The van der Waals surface area contributed by atoms with Crippen LogP contribution < -0.4 is 0 Å². The standard InChI is InChI=1S/C14H14O3S/c1-17-14(16)7-6-12(15)11-8-10-4-2-3-5-13(10)18-9-11/h2-5,9H,6-8H2,1H3. The van der Waals surface area contributed by atoms with Crippen molar-refractivity contribution < 1.29 is 14.3 Å². The van der Waals surface area contributed by atoms with Crippen molar-refractivity contribution in [2.24, 2.45) is 0 Å². The Balaban J connectivity index is 1.98. The number of thioether (sulfide) groups is 1. The number of Topliss-reactive ketones (excluding diaryl/α,β-unsaturated/α-hetero) is 1. The van der Waals surface area contributed by atoms with E-state index in [9.17, 15) is 9.59 Å². The van der Waals surface area contributed by atoms with Crippen molar-refractivity contribution in [3.63, 3.8) is 0 Å². The molecule has 3 nitrogen and oxygen atoms in total. The predicted octanol–water partition coefficient (Wildman–Crippen LogP) is 2.74. The van der Waals surface area contributed by atoms with Crippen LogP contribution in [0.1, 0.15) is 18.4 Å². The van der Waals surface area contributed by atoms with Gasteiger partial charge in [0.1, 0.15) is 0 Å². The molecule has 1 aromatic rings. The minimum atomic E-state index is -0.340. The molecule has 0 N–H and O–H groups in total. The Labute approximate surface area is 110 Å². The maximum Gasteiger partial charge on any atom is 0.305 e. The number of fused-ring (bicyclic) bond motifs is 1. The van der Waals surface area contributed by atoms with Crippen molar-refractivity contribution >= 4 is 23.5 Å². The van der Waals surface area contributed by atoms with Crippen LogP contribution in [0.2, 0.25) is 0 Å². The van der Waals surface area contributed by atoms with E-state index in [0.29, 0.717) is 6.42 Å². The van der Waals surface area contributed by atoms with Gasteiger partial charge < -0.3 is 4.74 Å². The largest absolute Gasteiger partial charge is 0.469 e. The van der Waals surface area contributed by atoms with E-state index >= 15 is 0 Å². The van der Waals surface area contributed by atoms with Crippen molar-refractivity contribution in [2.75, 3.05) is 7.11 Å². The SMILES string of the molecule is COC(=O)CCC(=O)C1=CSc2ccccc2C1. The van der Waals surface area contributed by atoms with Gasteiger partial charge >= 0.3 is 5.97 Å². The maximum atomic E-state index is 11.9. The highest BCUT2D eigenvalue weighted by Crippen LogP contribution is 2.32. The number of esters is 1. The van der Waals surface area contributed by atoms with Gasteiger partial charge in [0.25, 0.3) is 0 Å². The molecule has 18 heavy (non-hydrogen) atoms. The Kier molecular flexibility index (Phi) is 4.20. The highest BCUT2D eigenvalue weighted by molar-refractivity contribution is 8.02. The van der Waals surface area contributed by atoms with Gasteiger partial charge in [-0.15, -0.1) is 0 Å². The number of carbonyl (C=O) groups is 2. The Morgan fingerprint density at radius 2 is 2.06 bits per heavy atom. The number of allylic oxidation sites excluding steroid dienone is 1. The van der Waals surface area contributed by atoms with Gasteiger partial charge in [-0.25, -0.2) is 0 Å². The number of carbonyl (C=O) groups excluding carboxylic acids is 2. The maximum absolute atomic E-state index is 11.9. The fraction of sp³-hybridized carbons (Fsp3) is 0.286. The van der Waals surface area contributed by atoms with Gasteiger partial charge in [0.2, 0.25) is 0 Å². The topological polar surface area (TPSA) is 43.4 Å². The molecular formula is C14H14O3S. The summed E-state index contributed by atoms with van der Waals surface area (Å²) < 4.78 is 4.53.